The molecule has 2 N–H and O–H groups in total. The molecule has 19 heavy (non-hydrogen) atoms. The lowest BCUT2D eigenvalue weighted by Crippen LogP contribution is -2.33. The van der Waals surface area contributed by atoms with E-state index in [1.54, 1.807) is 7.11 Å². The zero-order valence-corrected chi connectivity index (χ0v) is 11.8. The Morgan fingerprint density at radius 1 is 1.32 bits per heavy atom. The molecule has 2 rings (SSSR count). The van der Waals surface area contributed by atoms with E-state index < -0.39 is 0 Å². The van der Waals surface area contributed by atoms with Gasteiger partial charge in [-0.1, -0.05) is 12.1 Å². The summed E-state index contributed by atoms with van der Waals surface area (Å²) in [6, 6.07) is 7.93. The van der Waals surface area contributed by atoms with Gasteiger partial charge in [0.2, 0.25) is 5.91 Å². The number of methoxy groups -OCH3 is 1. The first kappa shape index (κ1) is 13.9. The number of benzene rings is 1. The molecule has 0 aromatic heterocycles. The molecule has 0 radical (unpaired) electrons. The molecule has 104 valence electrons. The molecule has 0 aliphatic carbocycles. The van der Waals surface area contributed by atoms with Crippen molar-refractivity contribution in [3.8, 4) is 5.75 Å². The number of nitrogens with two attached hydrogens (primary N) is 1. The van der Waals surface area contributed by atoms with E-state index in [9.17, 15) is 4.79 Å². The molecule has 1 fully saturated rings. The zero-order valence-electron chi connectivity index (χ0n) is 11.8. The largest absolute Gasteiger partial charge is 0.497 e. The molecule has 1 aromatic carbocycles. The van der Waals surface area contributed by atoms with Crippen LogP contribution in [0, 0.1) is 5.92 Å². The van der Waals surface area contributed by atoms with Crippen LogP contribution in [0.3, 0.4) is 0 Å². The van der Waals surface area contributed by atoms with E-state index in [0.29, 0.717) is 6.42 Å². The first-order valence-electron chi connectivity index (χ1n) is 6.72. The SMILES string of the molecule is COc1ccc(C(N)C2CC(=O)N(C(C)C)C2)cc1. The number of ether oxygens (including phenoxy) is 1. The Morgan fingerprint density at radius 3 is 2.42 bits per heavy atom. The first-order valence-corrected chi connectivity index (χ1v) is 6.72. The van der Waals surface area contributed by atoms with Gasteiger partial charge in [0, 0.05) is 31.0 Å². The number of hydrogen-bond donors (Lipinski definition) is 1. The van der Waals surface area contributed by atoms with Crippen molar-refractivity contribution in [3.05, 3.63) is 29.8 Å². The highest BCUT2D eigenvalue weighted by Crippen LogP contribution is 2.30. The molecule has 1 aliphatic heterocycles. The average molecular weight is 262 g/mol. The molecule has 4 heteroatoms. The van der Waals surface area contributed by atoms with E-state index in [1.807, 2.05) is 43.0 Å². The van der Waals surface area contributed by atoms with Crippen molar-refractivity contribution in [2.45, 2.75) is 32.4 Å². The van der Waals surface area contributed by atoms with Crippen molar-refractivity contribution in [1.29, 1.82) is 0 Å². The Labute approximate surface area is 114 Å². The Kier molecular flexibility index (Phi) is 4.10. The van der Waals surface area contributed by atoms with Crippen LogP contribution < -0.4 is 10.5 Å². The third-order valence-electron chi connectivity index (χ3n) is 3.82. The van der Waals surface area contributed by atoms with Crippen LogP contribution >= 0.6 is 0 Å². The van der Waals surface area contributed by atoms with Gasteiger partial charge in [0.1, 0.15) is 5.75 Å². The number of amides is 1. The Hall–Kier alpha value is -1.55. The van der Waals surface area contributed by atoms with Gasteiger partial charge in [-0.15, -0.1) is 0 Å². The van der Waals surface area contributed by atoms with E-state index in [1.165, 1.54) is 0 Å². The molecule has 1 aliphatic rings. The highest BCUT2D eigenvalue weighted by atomic mass is 16.5. The molecule has 0 spiro atoms. The summed E-state index contributed by atoms with van der Waals surface area (Å²) in [7, 11) is 1.64. The first-order chi connectivity index (χ1) is 9.02. The van der Waals surface area contributed by atoms with Crippen LogP contribution in [0.5, 0.6) is 5.75 Å². The van der Waals surface area contributed by atoms with E-state index in [4.69, 9.17) is 10.5 Å². The maximum Gasteiger partial charge on any atom is 0.223 e. The summed E-state index contributed by atoms with van der Waals surface area (Å²) in [5.41, 5.74) is 7.36. The van der Waals surface area contributed by atoms with Crippen LogP contribution in [-0.2, 0) is 4.79 Å². The number of nitrogens with zero attached hydrogens (tertiary/aromatic N) is 1. The van der Waals surface area contributed by atoms with Crippen molar-refractivity contribution in [2.24, 2.45) is 11.7 Å². The topological polar surface area (TPSA) is 55.6 Å². The normalized spacial score (nSPS) is 21.0. The second-order valence-corrected chi connectivity index (χ2v) is 5.40. The van der Waals surface area contributed by atoms with Crippen LogP contribution in [-0.4, -0.2) is 30.5 Å². The summed E-state index contributed by atoms with van der Waals surface area (Å²) in [6.45, 7) is 4.84. The maximum absolute atomic E-state index is 11.9. The van der Waals surface area contributed by atoms with Gasteiger partial charge < -0.3 is 15.4 Å². The lowest BCUT2D eigenvalue weighted by molar-refractivity contribution is -0.129. The van der Waals surface area contributed by atoms with Crippen LogP contribution in [0.15, 0.2) is 24.3 Å². The van der Waals surface area contributed by atoms with Crippen LogP contribution in [0.25, 0.3) is 0 Å². The predicted molar refractivity (Wildman–Crippen MR) is 74.9 cm³/mol. The fourth-order valence-corrected chi connectivity index (χ4v) is 2.60. The standard InChI is InChI=1S/C15H22N2O2/c1-10(2)17-9-12(8-14(17)18)15(16)11-4-6-13(19-3)7-5-11/h4-7,10,12,15H,8-9,16H2,1-3H3. The Bertz CT molecular complexity index is 442. The van der Waals surface area contributed by atoms with Crippen LogP contribution in [0.1, 0.15) is 31.9 Å². The van der Waals surface area contributed by atoms with Crippen molar-refractivity contribution in [1.82, 2.24) is 4.90 Å². The summed E-state index contributed by atoms with van der Waals surface area (Å²) in [4.78, 5) is 13.8. The quantitative estimate of drug-likeness (QED) is 0.902. The van der Waals surface area contributed by atoms with Gasteiger partial charge in [0.05, 0.1) is 7.11 Å². The highest BCUT2D eigenvalue weighted by molar-refractivity contribution is 5.79. The third kappa shape index (κ3) is 2.89. The summed E-state index contributed by atoms with van der Waals surface area (Å²) in [5.74, 6) is 1.23. The number of carbonyl (C=O) groups is 1. The molecule has 1 aromatic rings. The van der Waals surface area contributed by atoms with Gasteiger partial charge in [-0.25, -0.2) is 0 Å². The fraction of sp³-hybridized carbons (Fsp3) is 0.533. The van der Waals surface area contributed by atoms with Crippen molar-refractivity contribution in [2.75, 3.05) is 13.7 Å². The summed E-state index contributed by atoms with van der Waals surface area (Å²) in [5, 5.41) is 0. The monoisotopic (exact) mass is 262 g/mol. The lowest BCUT2D eigenvalue weighted by Gasteiger charge is -2.23. The second kappa shape index (κ2) is 5.61. The number of likely N-dealkylation sites (tertiary alicyclic amines) is 1. The zero-order chi connectivity index (χ0) is 14.0. The van der Waals surface area contributed by atoms with Crippen molar-refractivity contribution >= 4 is 5.91 Å². The average Bonchev–Trinajstić information content (AvgIpc) is 2.80. The van der Waals surface area contributed by atoms with Crippen LogP contribution in [0.2, 0.25) is 0 Å². The Balaban J connectivity index is 2.07. The molecule has 1 amide bonds. The molecular weight excluding hydrogens is 240 g/mol. The molecule has 2 atom stereocenters. The number of carbonyl (C=O) groups excluding carboxylic acids is 1. The highest BCUT2D eigenvalue weighted by Gasteiger charge is 2.34. The van der Waals surface area contributed by atoms with E-state index in [2.05, 4.69) is 0 Å². The summed E-state index contributed by atoms with van der Waals surface area (Å²) in [6.07, 6.45) is 0.547. The molecular formula is C15H22N2O2. The molecule has 1 heterocycles. The predicted octanol–water partition coefficient (Wildman–Crippen LogP) is 1.95. The smallest absolute Gasteiger partial charge is 0.223 e. The van der Waals surface area contributed by atoms with E-state index in [-0.39, 0.29) is 23.9 Å². The number of rotatable bonds is 4. The Morgan fingerprint density at radius 2 is 1.95 bits per heavy atom. The van der Waals surface area contributed by atoms with Gasteiger partial charge >= 0.3 is 0 Å². The molecule has 0 saturated carbocycles. The summed E-state index contributed by atoms with van der Waals surface area (Å²) >= 11 is 0. The van der Waals surface area contributed by atoms with E-state index in [0.717, 1.165) is 17.9 Å². The molecule has 4 nitrogen and oxygen atoms in total. The van der Waals surface area contributed by atoms with Gasteiger partial charge in [-0.2, -0.15) is 0 Å². The van der Waals surface area contributed by atoms with Gasteiger partial charge in [0.25, 0.3) is 0 Å². The van der Waals surface area contributed by atoms with Crippen molar-refractivity contribution < 1.29 is 9.53 Å². The minimum Gasteiger partial charge on any atom is -0.497 e. The minimum absolute atomic E-state index is 0.0985. The van der Waals surface area contributed by atoms with Crippen molar-refractivity contribution in [3.63, 3.8) is 0 Å². The van der Waals surface area contributed by atoms with Gasteiger partial charge in [-0.3, -0.25) is 4.79 Å². The van der Waals surface area contributed by atoms with E-state index >= 15 is 0 Å². The lowest BCUT2D eigenvalue weighted by atomic mass is 9.93. The summed E-state index contributed by atoms with van der Waals surface area (Å²) < 4.78 is 5.14. The maximum atomic E-state index is 11.9. The minimum atomic E-state index is -0.0985. The second-order valence-electron chi connectivity index (χ2n) is 5.40. The third-order valence-corrected chi connectivity index (χ3v) is 3.82. The van der Waals surface area contributed by atoms with Gasteiger partial charge in [0.15, 0.2) is 0 Å². The molecule has 0 bridgehead atoms. The molecule has 1 saturated heterocycles. The van der Waals surface area contributed by atoms with Gasteiger partial charge in [-0.05, 0) is 31.5 Å². The number of hydrogen-bond acceptors (Lipinski definition) is 3. The fourth-order valence-electron chi connectivity index (χ4n) is 2.60. The molecule has 2 unspecified atom stereocenters. The van der Waals surface area contributed by atoms with Crippen LogP contribution in [0.4, 0.5) is 0 Å².